The first-order chi connectivity index (χ1) is 8.00. The minimum absolute atomic E-state index is 0.0101. The molecule has 0 aliphatic carbocycles. The molecule has 0 aliphatic rings. The number of hydrogen-bond acceptors (Lipinski definition) is 3. The molecular formula is C13H20BrNO2. The zero-order chi connectivity index (χ0) is 12.9. The lowest BCUT2D eigenvalue weighted by Gasteiger charge is -2.30. The second kappa shape index (κ2) is 6.50. The van der Waals surface area contributed by atoms with Crippen LogP contribution in [0, 0.1) is 5.41 Å². The summed E-state index contributed by atoms with van der Waals surface area (Å²) in [5, 5.41) is 18.5. The van der Waals surface area contributed by atoms with Crippen molar-refractivity contribution in [1.82, 2.24) is 4.90 Å². The van der Waals surface area contributed by atoms with Crippen LogP contribution in [0.1, 0.15) is 12.5 Å². The van der Waals surface area contributed by atoms with Crippen LogP contribution in [-0.4, -0.2) is 41.9 Å². The third kappa shape index (κ3) is 4.39. The first-order valence-corrected chi connectivity index (χ1v) is 6.44. The van der Waals surface area contributed by atoms with Crippen molar-refractivity contribution in [2.45, 2.75) is 13.5 Å². The highest BCUT2D eigenvalue weighted by molar-refractivity contribution is 9.10. The van der Waals surface area contributed by atoms with Crippen molar-refractivity contribution < 1.29 is 10.2 Å². The number of hydrogen-bond donors (Lipinski definition) is 2. The lowest BCUT2D eigenvalue weighted by molar-refractivity contribution is 0.0401. The smallest absolute Gasteiger partial charge is 0.0519 e. The van der Waals surface area contributed by atoms with E-state index in [1.807, 2.05) is 32.2 Å². The second-order valence-electron chi connectivity index (χ2n) is 4.89. The maximum atomic E-state index is 9.26. The third-order valence-corrected chi connectivity index (χ3v) is 3.59. The Morgan fingerprint density at radius 3 is 2.35 bits per heavy atom. The van der Waals surface area contributed by atoms with Gasteiger partial charge in [0, 0.05) is 23.0 Å². The summed E-state index contributed by atoms with van der Waals surface area (Å²) in [7, 11) is 1.99. The van der Waals surface area contributed by atoms with Gasteiger partial charge in [-0.15, -0.1) is 0 Å². The Morgan fingerprint density at radius 1 is 1.24 bits per heavy atom. The minimum Gasteiger partial charge on any atom is -0.396 e. The number of nitrogens with zero attached hydrogens (tertiary/aromatic N) is 1. The van der Waals surface area contributed by atoms with Gasteiger partial charge in [-0.3, -0.25) is 0 Å². The second-order valence-corrected chi connectivity index (χ2v) is 5.74. The van der Waals surface area contributed by atoms with E-state index in [4.69, 9.17) is 0 Å². The van der Waals surface area contributed by atoms with E-state index in [1.54, 1.807) is 0 Å². The summed E-state index contributed by atoms with van der Waals surface area (Å²) in [6, 6.07) is 8.07. The van der Waals surface area contributed by atoms with E-state index in [9.17, 15) is 10.2 Å². The van der Waals surface area contributed by atoms with Crippen LogP contribution in [0.3, 0.4) is 0 Å². The van der Waals surface area contributed by atoms with Gasteiger partial charge in [-0.2, -0.15) is 0 Å². The number of aliphatic hydroxyl groups excluding tert-OH is 2. The number of benzene rings is 1. The van der Waals surface area contributed by atoms with Crippen molar-refractivity contribution in [2.24, 2.45) is 5.41 Å². The Morgan fingerprint density at radius 2 is 1.82 bits per heavy atom. The SMILES string of the molecule is CN(Cc1ccccc1Br)CC(C)(CO)CO. The van der Waals surface area contributed by atoms with E-state index in [2.05, 4.69) is 26.9 Å². The summed E-state index contributed by atoms with van der Waals surface area (Å²) in [5.41, 5.74) is 0.754. The molecule has 4 heteroatoms. The van der Waals surface area contributed by atoms with Crippen LogP contribution in [0.25, 0.3) is 0 Å². The molecule has 0 aromatic heterocycles. The average Bonchev–Trinajstić information content (AvgIpc) is 2.32. The fraction of sp³-hybridized carbons (Fsp3) is 0.538. The lowest BCUT2D eigenvalue weighted by Crippen LogP contribution is -2.38. The quantitative estimate of drug-likeness (QED) is 0.843. The van der Waals surface area contributed by atoms with Gasteiger partial charge in [0.1, 0.15) is 0 Å². The number of aliphatic hydroxyl groups is 2. The Hall–Kier alpha value is -0.420. The molecule has 0 fully saturated rings. The van der Waals surface area contributed by atoms with E-state index < -0.39 is 5.41 Å². The summed E-state index contributed by atoms with van der Waals surface area (Å²) in [5.74, 6) is 0. The van der Waals surface area contributed by atoms with Gasteiger partial charge in [-0.05, 0) is 18.7 Å². The zero-order valence-electron chi connectivity index (χ0n) is 10.4. The number of rotatable bonds is 6. The Kier molecular flexibility index (Phi) is 5.59. The molecule has 1 aromatic rings. The molecule has 0 heterocycles. The molecule has 0 amide bonds. The van der Waals surface area contributed by atoms with Crippen LogP contribution in [0.5, 0.6) is 0 Å². The Bertz CT molecular complexity index is 353. The van der Waals surface area contributed by atoms with Crippen LogP contribution in [-0.2, 0) is 6.54 Å². The van der Waals surface area contributed by atoms with Crippen LogP contribution in [0.4, 0.5) is 0 Å². The monoisotopic (exact) mass is 301 g/mol. The maximum absolute atomic E-state index is 9.26. The van der Waals surface area contributed by atoms with E-state index >= 15 is 0 Å². The molecule has 17 heavy (non-hydrogen) atoms. The summed E-state index contributed by atoms with van der Waals surface area (Å²) in [6.45, 7) is 3.30. The highest BCUT2D eigenvalue weighted by atomic mass is 79.9. The standard InChI is InChI=1S/C13H20BrNO2/c1-13(9-16,10-17)8-15(2)7-11-5-3-4-6-12(11)14/h3-6,16-17H,7-10H2,1-2H3. The molecule has 96 valence electrons. The molecule has 0 atom stereocenters. The van der Waals surface area contributed by atoms with Gasteiger partial charge in [0.05, 0.1) is 13.2 Å². The summed E-state index contributed by atoms with van der Waals surface area (Å²) in [6.07, 6.45) is 0. The maximum Gasteiger partial charge on any atom is 0.0519 e. The van der Waals surface area contributed by atoms with Gasteiger partial charge in [0.2, 0.25) is 0 Å². The molecule has 3 nitrogen and oxygen atoms in total. The normalized spacial score (nSPS) is 12.1. The van der Waals surface area contributed by atoms with E-state index in [1.165, 1.54) is 5.56 Å². The van der Waals surface area contributed by atoms with Gasteiger partial charge < -0.3 is 15.1 Å². The summed E-state index contributed by atoms with van der Waals surface area (Å²) < 4.78 is 1.08. The molecule has 0 bridgehead atoms. The minimum atomic E-state index is -0.448. The van der Waals surface area contributed by atoms with E-state index in [-0.39, 0.29) is 13.2 Å². The molecule has 0 saturated heterocycles. The number of halogens is 1. The van der Waals surface area contributed by atoms with Crippen molar-refractivity contribution in [3.63, 3.8) is 0 Å². The fourth-order valence-electron chi connectivity index (χ4n) is 1.77. The van der Waals surface area contributed by atoms with Crippen molar-refractivity contribution in [2.75, 3.05) is 26.8 Å². The van der Waals surface area contributed by atoms with E-state index in [0.29, 0.717) is 6.54 Å². The molecule has 1 rings (SSSR count). The van der Waals surface area contributed by atoms with E-state index in [0.717, 1.165) is 11.0 Å². The average molecular weight is 302 g/mol. The molecule has 0 spiro atoms. The van der Waals surface area contributed by atoms with Crippen LogP contribution < -0.4 is 0 Å². The summed E-state index contributed by atoms with van der Waals surface area (Å²) >= 11 is 3.51. The van der Waals surface area contributed by atoms with Gasteiger partial charge >= 0.3 is 0 Å². The highest BCUT2D eigenvalue weighted by Gasteiger charge is 2.24. The van der Waals surface area contributed by atoms with Crippen LogP contribution in [0.15, 0.2) is 28.7 Å². The van der Waals surface area contributed by atoms with Gasteiger partial charge in [-0.25, -0.2) is 0 Å². The molecular weight excluding hydrogens is 282 g/mol. The van der Waals surface area contributed by atoms with Crippen LogP contribution >= 0.6 is 15.9 Å². The first kappa shape index (κ1) is 14.6. The predicted octanol–water partition coefficient (Wildman–Crippen LogP) is 1.87. The first-order valence-electron chi connectivity index (χ1n) is 5.64. The van der Waals surface area contributed by atoms with Gasteiger partial charge in [0.15, 0.2) is 0 Å². The molecule has 0 unspecified atom stereocenters. The molecule has 0 aliphatic heterocycles. The predicted molar refractivity (Wildman–Crippen MR) is 72.8 cm³/mol. The largest absolute Gasteiger partial charge is 0.396 e. The van der Waals surface area contributed by atoms with Crippen molar-refractivity contribution in [3.8, 4) is 0 Å². The van der Waals surface area contributed by atoms with Crippen molar-refractivity contribution >= 4 is 15.9 Å². The molecule has 2 N–H and O–H groups in total. The molecule has 1 aromatic carbocycles. The highest BCUT2D eigenvalue weighted by Crippen LogP contribution is 2.20. The molecule has 0 saturated carbocycles. The van der Waals surface area contributed by atoms with Gasteiger partial charge in [0.25, 0.3) is 0 Å². The van der Waals surface area contributed by atoms with Gasteiger partial charge in [-0.1, -0.05) is 41.1 Å². The third-order valence-electron chi connectivity index (χ3n) is 2.81. The summed E-state index contributed by atoms with van der Waals surface area (Å²) in [4.78, 5) is 2.10. The zero-order valence-corrected chi connectivity index (χ0v) is 11.9. The van der Waals surface area contributed by atoms with Crippen molar-refractivity contribution in [1.29, 1.82) is 0 Å². The molecule has 0 radical (unpaired) electrons. The van der Waals surface area contributed by atoms with Crippen molar-refractivity contribution in [3.05, 3.63) is 34.3 Å². The topological polar surface area (TPSA) is 43.7 Å². The lowest BCUT2D eigenvalue weighted by atomic mass is 9.92. The fourth-order valence-corrected chi connectivity index (χ4v) is 2.19. The van der Waals surface area contributed by atoms with Crippen LogP contribution in [0.2, 0.25) is 0 Å². The Labute approximate surface area is 111 Å². The Balaban J connectivity index is 2.61.